The molecule has 57 heavy (non-hydrogen) atoms. The van der Waals surface area contributed by atoms with E-state index in [1.165, 1.54) is 39.5 Å². The molecule has 1 saturated carbocycles. The number of pyridine rings is 1. The first-order valence-corrected chi connectivity index (χ1v) is 18.5. The fraction of sp³-hybridized carbons (Fsp3) is 0.279. The van der Waals surface area contributed by atoms with Gasteiger partial charge in [-0.25, -0.2) is 4.98 Å². The van der Waals surface area contributed by atoms with Crippen molar-refractivity contribution in [2.45, 2.75) is 30.4 Å². The Morgan fingerprint density at radius 3 is 2.14 bits per heavy atom. The third-order valence-corrected chi connectivity index (χ3v) is 12.2. The molecule has 3 aromatic carbocycles. The summed E-state index contributed by atoms with van der Waals surface area (Å²) in [6, 6.07) is 22.2. The van der Waals surface area contributed by atoms with Crippen LogP contribution in [0.25, 0.3) is 5.57 Å². The van der Waals surface area contributed by atoms with Crippen molar-refractivity contribution in [1.29, 1.82) is 0 Å². The molecule has 4 aromatic rings. The number of hydrazine groups is 1. The van der Waals surface area contributed by atoms with E-state index in [1.54, 1.807) is 60.7 Å². The summed E-state index contributed by atoms with van der Waals surface area (Å²) in [5.41, 5.74) is -0.701. The van der Waals surface area contributed by atoms with E-state index in [0.29, 0.717) is 28.3 Å². The summed E-state index contributed by atoms with van der Waals surface area (Å²) < 4.78 is 53.0. The Hall–Kier alpha value is -5.95. The van der Waals surface area contributed by atoms with Gasteiger partial charge < -0.3 is 14.6 Å². The lowest BCUT2D eigenvalue weighted by Gasteiger charge is -2.55. The van der Waals surface area contributed by atoms with Gasteiger partial charge in [0.25, 0.3) is 11.8 Å². The van der Waals surface area contributed by atoms with Gasteiger partial charge in [-0.3, -0.25) is 24.2 Å². The van der Waals surface area contributed by atoms with Crippen molar-refractivity contribution in [3.8, 4) is 17.2 Å². The van der Waals surface area contributed by atoms with Gasteiger partial charge in [0, 0.05) is 42.2 Å². The maximum absolute atomic E-state index is 15.4. The van der Waals surface area contributed by atoms with Crippen LogP contribution in [0.4, 0.5) is 19.0 Å². The quantitative estimate of drug-likeness (QED) is 0.151. The Morgan fingerprint density at radius 2 is 1.53 bits per heavy atom. The van der Waals surface area contributed by atoms with E-state index < -0.39 is 64.5 Å². The number of aromatic nitrogens is 1. The van der Waals surface area contributed by atoms with Crippen molar-refractivity contribution < 1.29 is 46.9 Å². The van der Waals surface area contributed by atoms with Gasteiger partial charge in [-0.05, 0) is 48.1 Å². The number of amides is 2. The molecule has 292 valence electrons. The number of rotatable bonds is 7. The molecule has 1 saturated heterocycles. The van der Waals surface area contributed by atoms with Crippen molar-refractivity contribution in [3.05, 3.63) is 130 Å². The molecular formula is C43H35ClF3N3O7. The molecule has 4 aliphatic rings. The molecule has 0 radical (unpaired) electrons. The number of ether oxygens (including phenoxy) is 2. The lowest BCUT2D eigenvalue weighted by Crippen LogP contribution is -2.59. The normalized spacial score (nSPS) is 25.6. The standard InChI is InChI=1S/C43H35ClF3N3O7/c1-49(39-30(44)16-17-33(48-39)43(45,46)47)50-40(54)26-15-14-25-28(35(26)41(50)55)20-29-38(53)27(22-10-6-4-7-11-22)21-34(52)42(29,23-12-8-5-9-13-23)37(25)36-31(56-2)18-24(51)19-32(36)57-3/h4-14,16-19,21,26,28-29,35,37,51H,15,20H2,1-3H3/t26-,28+,29-,35-,37+,42-/m0/s1. The molecule has 6 atom stereocenters. The highest BCUT2D eigenvalue weighted by Gasteiger charge is 2.67. The van der Waals surface area contributed by atoms with E-state index in [2.05, 4.69) is 4.98 Å². The van der Waals surface area contributed by atoms with Crippen LogP contribution in [0.5, 0.6) is 17.2 Å². The second kappa shape index (κ2) is 13.9. The monoisotopic (exact) mass is 797 g/mol. The lowest BCUT2D eigenvalue weighted by molar-refractivity contribution is -0.141. The minimum absolute atomic E-state index is 0.0250. The molecule has 3 aliphatic carbocycles. The molecular weight excluding hydrogens is 763 g/mol. The number of benzene rings is 3. The van der Waals surface area contributed by atoms with Crippen LogP contribution in [0.1, 0.15) is 41.1 Å². The summed E-state index contributed by atoms with van der Waals surface area (Å²) >= 11 is 6.33. The maximum atomic E-state index is 15.4. The summed E-state index contributed by atoms with van der Waals surface area (Å²) in [5.74, 6) is -7.45. The molecule has 0 spiro atoms. The number of hydrogen-bond donors (Lipinski definition) is 1. The number of fused-ring (bicyclic) bond motifs is 4. The number of nitrogens with zero attached hydrogens (tertiary/aromatic N) is 3. The van der Waals surface area contributed by atoms with Gasteiger partial charge in [-0.15, -0.1) is 0 Å². The van der Waals surface area contributed by atoms with Gasteiger partial charge in [-0.2, -0.15) is 18.2 Å². The fourth-order valence-corrected chi connectivity index (χ4v) is 9.82. The van der Waals surface area contributed by atoms with Gasteiger partial charge >= 0.3 is 6.18 Å². The van der Waals surface area contributed by atoms with E-state index in [1.807, 2.05) is 6.08 Å². The Kier molecular flexibility index (Phi) is 9.26. The second-order valence-electron chi connectivity index (χ2n) is 14.6. The van der Waals surface area contributed by atoms with Gasteiger partial charge in [0.1, 0.15) is 22.9 Å². The molecule has 0 bridgehead atoms. The largest absolute Gasteiger partial charge is 0.508 e. The van der Waals surface area contributed by atoms with E-state index in [9.17, 15) is 27.9 Å². The molecule has 2 heterocycles. The van der Waals surface area contributed by atoms with Crippen LogP contribution in [-0.2, 0) is 30.8 Å². The van der Waals surface area contributed by atoms with Crippen molar-refractivity contribution in [2.24, 2.45) is 23.7 Å². The molecule has 1 aromatic heterocycles. The van der Waals surface area contributed by atoms with E-state index in [-0.39, 0.29) is 52.3 Å². The average Bonchev–Trinajstić information content (AvgIpc) is 3.46. The molecule has 8 rings (SSSR count). The highest BCUT2D eigenvalue weighted by molar-refractivity contribution is 6.33. The predicted octanol–water partition coefficient (Wildman–Crippen LogP) is 7.35. The molecule has 10 nitrogen and oxygen atoms in total. The first-order chi connectivity index (χ1) is 27.2. The number of halogens is 4. The fourth-order valence-electron chi connectivity index (χ4n) is 9.59. The van der Waals surface area contributed by atoms with Crippen LogP contribution >= 0.6 is 11.6 Å². The number of anilines is 1. The highest BCUT2D eigenvalue weighted by atomic mass is 35.5. The van der Waals surface area contributed by atoms with Crippen LogP contribution in [0.15, 0.2) is 103 Å². The van der Waals surface area contributed by atoms with Crippen molar-refractivity contribution in [3.63, 3.8) is 0 Å². The van der Waals surface area contributed by atoms with Gasteiger partial charge in [-0.1, -0.05) is 83.9 Å². The smallest absolute Gasteiger partial charge is 0.433 e. The highest BCUT2D eigenvalue weighted by Crippen LogP contribution is 2.65. The molecule has 2 fully saturated rings. The molecule has 1 N–H and O–H groups in total. The first kappa shape index (κ1) is 37.9. The molecule has 0 unspecified atom stereocenters. The Morgan fingerprint density at radius 1 is 0.895 bits per heavy atom. The van der Waals surface area contributed by atoms with Gasteiger partial charge in [0.2, 0.25) is 0 Å². The Balaban J connectivity index is 1.35. The molecule has 2 amide bonds. The number of imide groups is 1. The van der Waals surface area contributed by atoms with E-state index in [0.717, 1.165) is 16.1 Å². The molecule has 1 aliphatic heterocycles. The third kappa shape index (κ3) is 5.73. The predicted molar refractivity (Wildman–Crippen MR) is 202 cm³/mol. The zero-order valence-electron chi connectivity index (χ0n) is 30.8. The van der Waals surface area contributed by atoms with Crippen molar-refractivity contribution in [2.75, 3.05) is 26.3 Å². The number of aromatic hydroxyl groups is 1. The number of phenolic OH excluding ortho intramolecular Hbond substituents is 1. The number of methoxy groups -OCH3 is 2. The Bertz CT molecular complexity index is 2380. The minimum Gasteiger partial charge on any atom is -0.508 e. The van der Waals surface area contributed by atoms with Crippen LogP contribution in [0, 0.1) is 23.7 Å². The number of ketones is 2. The summed E-state index contributed by atoms with van der Waals surface area (Å²) in [6.07, 6.45) is -1.64. The lowest BCUT2D eigenvalue weighted by atomic mass is 9.44. The van der Waals surface area contributed by atoms with E-state index >= 15 is 9.59 Å². The van der Waals surface area contributed by atoms with Crippen LogP contribution in [0.2, 0.25) is 5.02 Å². The number of phenols is 1. The van der Waals surface area contributed by atoms with E-state index in [4.69, 9.17) is 21.1 Å². The maximum Gasteiger partial charge on any atom is 0.433 e. The minimum atomic E-state index is -4.83. The Labute approximate surface area is 330 Å². The van der Waals surface area contributed by atoms with Gasteiger partial charge in [0.15, 0.2) is 17.4 Å². The van der Waals surface area contributed by atoms with Crippen LogP contribution in [0.3, 0.4) is 0 Å². The first-order valence-electron chi connectivity index (χ1n) is 18.1. The second-order valence-corrected chi connectivity index (χ2v) is 15.0. The molecule has 14 heteroatoms. The van der Waals surface area contributed by atoms with Crippen molar-refractivity contribution >= 4 is 46.4 Å². The zero-order chi connectivity index (χ0) is 40.6. The number of hydrogen-bond acceptors (Lipinski definition) is 9. The van der Waals surface area contributed by atoms with Crippen LogP contribution < -0.4 is 14.5 Å². The average molecular weight is 798 g/mol. The topological polar surface area (TPSA) is 126 Å². The SMILES string of the molecule is COc1cc(O)cc(OC)c1[C@H]1C2=CC[C@@H]3C(=O)N(N(C)c4nc(C(F)(F)F)ccc4Cl)C(=O)[C@@H]3[C@@H]2C[C@H]2C(=O)C(c3ccccc3)=CC(=O)[C@@]12c1ccccc1. The number of alkyl halides is 3. The number of carbonyl (C=O) groups is 4. The summed E-state index contributed by atoms with van der Waals surface area (Å²) in [6.45, 7) is 0. The third-order valence-electron chi connectivity index (χ3n) is 11.9. The van der Waals surface area contributed by atoms with Crippen molar-refractivity contribution in [1.82, 2.24) is 9.99 Å². The number of allylic oxidation sites excluding steroid dienone is 4. The van der Waals surface area contributed by atoms with Crippen LogP contribution in [-0.4, -0.2) is 59.7 Å². The summed E-state index contributed by atoms with van der Waals surface area (Å²) in [7, 11) is 4.04. The number of carbonyl (C=O) groups excluding carboxylic acids is 4. The summed E-state index contributed by atoms with van der Waals surface area (Å²) in [5, 5.41) is 12.2. The zero-order valence-corrected chi connectivity index (χ0v) is 31.5. The number of Topliss-reactive ketones (excluding diaryl/α,β-unsaturated/α-hetero) is 1. The summed E-state index contributed by atoms with van der Waals surface area (Å²) in [4.78, 5) is 63.3. The van der Waals surface area contributed by atoms with Gasteiger partial charge in [0.05, 0.1) is 36.5 Å².